The maximum Gasteiger partial charge on any atom is 0.382 e. The van der Waals surface area contributed by atoms with E-state index in [1.165, 1.54) is 6.07 Å². The van der Waals surface area contributed by atoms with Gasteiger partial charge in [-0.2, -0.15) is 0 Å². The minimum absolute atomic E-state index is 0.0393. The van der Waals surface area contributed by atoms with E-state index in [1.54, 1.807) is 6.92 Å². The number of aryl methyl sites for hydroxylation is 1. The minimum atomic E-state index is -0.609. The fourth-order valence-corrected chi connectivity index (χ4v) is 1.34. The molecule has 0 amide bonds. The van der Waals surface area contributed by atoms with Gasteiger partial charge in [-0.05, 0) is 31.9 Å². The van der Waals surface area contributed by atoms with Crippen molar-refractivity contribution in [3.8, 4) is 0 Å². The van der Waals surface area contributed by atoms with Gasteiger partial charge >= 0.3 is 5.82 Å². The first-order valence-corrected chi connectivity index (χ1v) is 4.16. The predicted octanol–water partition coefficient (Wildman–Crippen LogP) is 2.71. The lowest BCUT2D eigenvalue weighted by molar-refractivity contribution is -0.389. The molecule has 0 unspecified atom stereocenters. The molecule has 1 heterocycles. The molecule has 0 aliphatic rings. The molecule has 12 heavy (non-hydrogen) atoms. The second-order valence-electron chi connectivity index (χ2n) is 2.12. The first kappa shape index (κ1) is 9.41. The van der Waals surface area contributed by atoms with Crippen LogP contribution < -0.4 is 0 Å². The number of pyridine rings is 1. The summed E-state index contributed by atoms with van der Waals surface area (Å²) < 4.78 is 0.665. The van der Waals surface area contributed by atoms with Gasteiger partial charge in [-0.15, -0.1) is 0 Å². The topological polar surface area (TPSA) is 56.0 Å². The van der Waals surface area contributed by atoms with Gasteiger partial charge in [-0.3, -0.25) is 0 Å². The van der Waals surface area contributed by atoms with E-state index in [-0.39, 0.29) is 10.8 Å². The third-order valence-corrected chi connectivity index (χ3v) is 2.34. The Morgan fingerprint density at radius 3 is 2.83 bits per heavy atom. The van der Waals surface area contributed by atoms with Gasteiger partial charge in [0.2, 0.25) is 0 Å². The van der Waals surface area contributed by atoms with Crippen molar-refractivity contribution in [3.63, 3.8) is 0 Å². The molecule has 64 valence electrons. The zero-order valence-electron chi connectivity index (χ0n) is 6.04. The maximum atomic E-state index is 10.3. The van der Waals surface area contributed by atoms with Crippen LogP contribution in [-0.2, 0) is 0 Å². The van der Waals surface area contributed by atoms with Gasteiger partial charge in [0.1, 0.15) is 5.02 Å². The first-order valence-electron chi connectivity index (χ1n) is 2.99. The second kappa shape index (κ2) is 3.37. The van der Waals surface area contributed by atoms with Gasteiger partial charge in [-0.25, -0.2) is 0 Å². The van der Waals surface area contributed by atoms with Crippen LogP contribution in [-0.4, -0.2) is 9.91 Å². The summed E-state index contributed by atoms with van der Waals surface area (Å²) in [6.45, 7) is 1.66. The van der Waals surface area contributed by atoms with E-state index in [2.05, 4.69) is 20.9 Å². The second-order valence-corrected chi connectivity index (χ2v) is 3.38. The third kappa shape index (κ3) is 1.73. The van der Waals surface area contributed by atoms with Gasteiger partial charge in [0.25, 0.3) is 0 Å². The fraction of sp³-hybridized carbons (Fsp3) is 0.167. The Balaban J connectivity index is 3.33. The van der Waals surface area contributed by atoms with Gasteiger partial charge < -0.3 is 10.1 Å². The van der Waals surface area contributed by atoms with E-state index >= 15 is 0 Å². The molecule has 0 aliphatic carbocycles. The van der Waals surface area contributed by atoms with Crippen LogP contribution in [0.2, 0.25) is 5.02 Å². The number of hydrogen-bond acceptors (Lipinski definition) is 3. The lowest BCUT2D eigenvalue weighted by Crippen LogP contribution is -1.95. The minimum Gasteiger partial charge on any atom is -0.358 e. The molecule has 0 saturated carbocycles. The quantitative estimate of drug-likeness (QED) is 0.569. The molecule has 1 aromatic heterocycles. The Morgan fingerprint density at radius 1 is 1.75 bits per heavy atom. The predicted molar refractivity (Wildman–Crippen MR) is 48.3 cm³/mol. The Hall–Kier alpha value is -0.680. The first-order chi connectivity index (χ1) is 5.52. The lowest BCUT2D eigenvalue weighted by Gasteiger charge is -1.96. The molecule has 0 aliphatic heterocycles. The van der Waals surface area contributed by atoms with E-state index in [0.29, 0.717) is 10.2 Å². The van der Waals surface area contributed by atoms with Crippen LogP contribution in [0.4, 0.5) is 5.82 Å². The molecule has 1 rings (SSSR count). The summed E-state index contributed by atoms with van der Waals surface area (Å²) in [5.41, 5.74) is 0.547. The van der Waals surface area contributed by atoms with E-state index < -0.39 is 4.92 Å². The molecule has 6 heteroatoms. The molecule has 1 aromatic rings. The van der Waals surface area contributed by atoms with Crippen molar-refractivity contribution in [2.24, 2.45) is 0 Å². The van der Waals surface area contributed by atoms with Crippen molar-refractivity contribution in [2.45, 2.75) is 6.92 Å². The molecular weight excluding hydrogens is 247 g/mol. The number of halogens is 2. The van der Waals surface area contributed by atoms with Crippen molar-refractivity contribution in [3.05, 3.63) is 31.4 Å². The zero-order chi connectivity index (χ0) is 9.30. The summed E-state index contributed by atoms with van der Waals surface area (Å²) in [6.07, 6.45) is 0. The fourth-order valence-electron chi connectivity index (χ4n) is 0.674. The molecular formula is C6H4BrClN2O2. The summed E-state index contributed by atoms with van der Waals surface area (Å²) >= 11 is 8.72. The van der Waals surface area contributed by atoms with Gasteiger partial charge in [-0.1, -0.05) is 11.6 Å². The van der Waals surface area contributed by atoms with Gasteiger partial charge in [0, 0.05) is 6.92 Å². The van der Waals surface area contributed by atoms with E-state index in [0.717, 1.165) is 0 Å². The molecule has 4 nitrogen and oxygen atoms in total. The molecule has 0 bridgehead atoms. The Kier molecular flexibility index (Phi) is 2.64. The molecule has 0 saturated heterocycles. The largest absolute Gasteiger partial charge is 0.382 e. The standard InChI is InChI=1S/C6H4BrClN2O2/c1-3-4(7)2-5(8)6(9-3)10(11)12/h2H,1H3. The van der Waals surface area contributed by atoms with Crippen molar-refractivity contribution in [1.82, 2.24) is 4.98 Å². The smallest absolute Gasteiger partial charge is 0.358 e. The Morgan fingerprint density at radius 2 is 2.33 bits per heavy atom. The lowest BCUT2D eigenvalue weighted by atomic mass is 10.4. The summed E-state index contributed by atoms with van der Waals surface area (Å²) in [6, 6.07) is 1.46. The Labute approximate surface area is 81.8 Å². The van der Waals surface area contributed by atoms with Crippen LogP contribution in [0.3, 0.4) is 0 Å². The average Bonchev–Trinajstić information content (AvgIpc) is 1.96. The SMILES string of the molecule is Cc1nc([N+](=O)[O-])c(Cl)cc1Br. The maximum absolute atomic E-state index is 10.3. The highest BCUT2D eigenvalue weighted by atomic mass is 79.9. The van der Waals surface area contributed by atoms with Crippen LogP contribution in [0.1, 0.15) is 5.69 Å². The summed E-state index contributed by atoms with van der Waals surface area (Å²) in [7, 11) is 0. The molecule has 0 radical (unpaired) electrons. The molecule has 0 atom stereocenters. The monoisotopic (exact) mass is 250 g/mol. The van der Waals surface area contributed by atoms with Crippen molar-refractivity contribution in [2.75, 3.05) is 0 Å². The van der Waals surface area contributed by atoms with Crippen molar-refractivity contribution < 1.29 is 4.92 Å². The van der Waals surface area contributed by atoms with Crippen LogP contribution in [0, 0.1) is 17.0 Å². The molecule has 0 spiro atoms. The van der Waals surface area contributed by atoms with Crippen molar-refractivity contribution >= 4 is 33.3 Å². The van der Waals surface area contributed by atoms with E-state index in [4.69, 9.17) is 11.6 Å². The Bertz CT molecular complexity index is 343. The highest BCUT2D eigenvalue weighted by Crippen LogP contribution is 2.26. The number of rotatable bonds is 1. The van der Waals surface area contributed by atoms with Crippen molar-refractivity contribution in [1.29, 1.82) is 0 Å². The number of nitrogens with zero attached hydrogens (tertiary/aromatic N) is 2. The summed E-state index contributed by atoms with van der Waals surface area (Å²) in [4.78, 5) is 13.4. The summed E-state index contributed by atoms with van der Waals surface area (Å²) in [5, 5.41) is 10.4. The van der Waals surface area contributed by atoms with Crippen LogP contribution in [0.15, 0.2) is 10.5 Å². The van der Waals surface area contributed by atoms with Crippen LogP contribution in [0.5, 0.6) is 0 Å². The third-order valence-electron chi connectivity index (χ3n) is 1.26. The highest BCUT2D eigenvalue weighted by molar-refractivity contribution is 9.10. The van der Waals surface area contributed by atoms with Gasteiger partial charge in [0.05, 0.1) is 4.47 Å². The number of nitro groups is 1. The molecule has 0 fully saturated rings. The number of hydrogen-bond donors (Lipinski definition) is 0. The van der Waals surface area contributed by atoms with Crippen LogP contribution >= 0.6 is 27.5 Å². The summed E-state index contributed by atoms with van der Waals surface area (Å²) in [5.74, 6) is -0.308. The zero-order valence-corrected chi connectivity index (χ0v) is 8.39. The molecule has 0 aromatic carbocycles. The number of aromatic nitrogens is 1. The van der Waals surface area contributed by atoms with Crippen LogP contribution in [0.25, 0.3) is 0 Å². The van der Waals surface area contributed by atoms with Gasteiger partial charge in [0.15, 0.2) is 5.69 Å². The molecule has 0 N–H and O–H groups in total. The normalized spacial score (nSPS) is 9.92. The highest BCUT2D eigenvalue weighted by Gasteiger charge is 2.16. The van der Waals surface area contributed by atoms with E-state index in [9.17, 15) is 10.1 Å². The van der Waals surface area contributed by atoms with E-state index in [1.807, 2.05) is 0 Å². The average molecular weight is 251 g/mol.